The van der Waals surface area contributed by atoms with Gasteiger partial charge in [-0.25, -0.2) is 15.0 Å². The number of nitrogens with two attached hydrogens (primary N) is 1. The molecule has 2 N–H and O–H groups in total. The summed E-state index contributed by atoms with van der Waals surface area (Å²) in [6.07, 6.45) is 9.99. The fourth-order valence-electron chi connectivity index (χ4n) is 6.05. The minimum Gasteiger partial charge on any atom is -0.384 e. The highest BCUT2D eigenvalue weighted by molar-refractivity contribution is 5.76. The van der Waals surface area contributed by atoms with Crippen molar-refractivity contribution in [2.24, 2.45) is 5.92 Å². The largest absolute Gasteiger partial charge is 0.384 e. The predicted molar refractivity (Wildman–Crippen MR) is 151 cm³/mol. The first-order chi connectivity index (χ1) is 18.6. The van der Waals surface area contributed by atoms with Gasteiger partial charge in [0.25, 0.3) is 0 Å². The molecule has 6 heterocycles. The van der Waals surface area contributed by atoms with Crippen LogP contribution in [0.4, 0.5) is 5.82 Å². The van der Waals surface area contributed by atoms with E-state index in [2.05, 4.69) is 37.0 Å². The number of hydrogen-bond donors (Lipinski definition) is 1. The molecule has 6 rings (SSSR count). The molecule has 0 unspecified atom stereocenters. The van der Waals surface area contributed by atoms with Gasteiger partial charge in [0.1, 0.15) is 17.0 Å². The Bertz CT molecular complexity index is 1380. The third kappa shape index (κ3) is 5.33. The molecule has 0 atom stereocenters. The second kappa shape index (κ2) is 11.0. The van der Waals surface area contributed by atoms with Gasteiger partial charge in [0, 0.05) is 50.8 Å². The van der Waals surface area contributed by atoms with Crippen molar-refractivity contribution in [1.82, 2.24) is 34.3 Å². The lowest BCUT2D eigenvalue weighted by molar-refractivity contribution is 0.171. The molecule has 2 aliphatic rings. The van der Waals surface area contributed by atoms with Crippen LogP contribution in [0.15, 0.2) is 73.2 Å². The Morgan fingerprint density at radius 1 is 0.868 bits per heavy atom. The molecular formula is C30H36N8. The second-order valence-electron chi connectivity index (χ2n) is 10.7. The molecule has 0 saturated carbocycles. The van der Waals surface area contributed by atoms with E-state index in [4.69, 9.17) is 15.7 Å². The van der Waals surface area contributed by atoms with E-state index in [1.807, 2.05) is 48.8 Å². The third-order valence-electron chi connectivity index (χ3n) is 8.11. The van der Waals surface area contributed by atoms with Crippen LogP contribution in [0.5, 0.6) is 0 Å². The van der Waals surface area contributed by atoms with Crippen molar-refractivity contribution in [3.05, 3.63) is 78.8 Å². The van der Waals surface area contributed by atoms with E-state index in [0.29, 0.717) is 17.8 Å². The molecular weight excluding hydrogens is 472 g/mol. The van der Waals surface area contributed by atoms with Gasteiger partial charge in [-0.1, -0.05) is 18.2 Å². The zero-order chi connectivity index (χ0) is 25.9. The molecule has 8 nitrogen and oxygen atoms in total. The van der Waals surface area contributed by atoms with Crippen LogP contribution in [0.25, 0.3) is 22.7 Å². The Labute approximate surface area is 224 Å². The van der Waals surface area contributed by atoms with Crippen molar-refractivity contribution < 1.29 is 0 Å². The fourth-order valence-corrected chi connectivity index (χ4v) is 6.05. The van der Waals surface area contributed by atoms with Crippen molar-refractivity contribution in [3.8, 4) is 11.5 Å². The molecule has 0 amide bonds. The Hall–Kier alpha value is -3.62. The third-order valence-corrected chi connectivity index (χ3v) is 8.11. The van der Waals surface area contributed by atoms with Gasteiger partial charge in [-0.15, -0.1) is 0 Å². The first-order valence-electron chi connectivity index (χ1n) is 13.7. The Kier molecular flexibility index (Phi) is 7.16. The number of fused-ring (bicyclic) bond motifs is 1. The smallest absolute Gasteiger partial charge is 0.161 e. The molecule has 8 heteroatoms. The number of pyridine rings is 3. The van der Waals surface area contributed by atoms with E-state index in [1.54, 1.807) is 6.20 Å². The number of aromatic nitrogens is 5. The predicted octanol–water partition coefficient (Wildman–Crippen LogP) is 4.58. The van der Waals surface area contributed by atoms with Gasteiger partial charge in [0.2, 0.25) is 0 Å². The van der Waals surface area contributed by atoms with E-state index >= 15 is 0 Å². The van der Waals surface area contributed by atoms with Crippen molar-refractivity contribution >= 4 is 17.0 Å². The monoisotopic (exact) mass is 508 g/mol. The maximum absolute atomic E-state index is 5.85. The van der Waals surface area contributed by atoms with Crippen LogP contribution < -0.4 is 5.73 Å². The molecule has 0 spiro atoms. The quantitative estimate of drug-likeness (QED) is 0.366. The van der Waals surface area contributed by atoms with Gasteiger partial charge in [-0.05, 0) is 86.7 Å². The summed E-state index contributed by atoms with van der Waals surface area (Å²) in [6, 6.07) is 14.4. The minimum atomic E-state index is 0.363. The molecule has 2 aliphatic heterocycles. The summed E-state index contributed by atoms with van der Waals surface area (Å²) >= 11 is 0. The molecule has 0 aromatic carbocycles. The first-order valence-corrected chi connectivity index (χ1v) is 13.7. The number of anilines is 1. The number of hydrogen-bond acceptors (Lipinski definition) is 7. The first kappa shape index (κ1) is 24.7. The van der Waals surface area contributed by atoms with Gasteiger partial charge in [-0.3, -0.25) is 14.8 Å². The molecule has 4 aromatic rings. The minimum absolute atomic E-state index is 0.363. The maximum atomic E-state index is 5.85. The van der Waals surface area contributed by atoms with E-state index in [1.165, 1.54) is 24.0 Å². The number of piperidine rings is 2. The fraction of sp³-hybridized carbons (Fsp3) is 0.400. The average Bonchev–Trinajstić information content (AvgIpc) is 3.34. The molecule has 0 bridgehead atoms. The summed E-state index contributed by atoms with van der Waals surface area (Å²) in [7, 11) is 0. The van der Waals surface area contributed by atoms with Crippen LogP contribution >= 0.6 is 0 Å². The Morgan fingerprint density at radius 2 is 1.66 bits per heavy atom. The number of nitrogens with zero attached hydrogens (tertiary/aromatic N) is 7. The summed E-state index contributed by atoms with van der Waals surface area (Å²) < 4.78 is 2.33. The normalized spacial score (nSPS) is 18.2. The number of likely N-dealkylation sites (tertiary alicyclic amines) is 2. The van der Waals surface area contributed by atoms with E-state index in [0.717, 1.165) is 74.8 Å². The van der Waals surface area contributed by atoms with Crippen LogP contribution in [0.3, 0.4) is 0 Å². The average molecular weight is 509 g/mol. The summed E-state index contributed by atoms with van der Waals surface area (Å²) in [4.78, 5) is 23.4. The lowest BCUT2D eigenvalue weighted by Crippen LogP contribution is -2.39. The summed E-state index contributed by atoms with van der Waals surface area (Å²) in [6.45, 7) is 10.8. The highest BCUT2D eigenvalue weighted by atomic mass is 15.2. The van der Waals surface area contributed by atoms with E-state index < -0.39 is 0 Å². The molecule has 2 fully saturated rings. The number of imidazole rings is 1. The van der Waals surface area contributed by atoms with Crippen molar-refractivity contribution in [1.29, 1.82) is 0 Å². The summed E-state index contributed by atoms with van der Waals surface area (Å²) in [5.74, 6) is 2.12. The van der Waals surface area contributed by atoms with Gasteiger partial charge >= 0.3 is 0 Å². The second-order valence-corrected chi connectivity index (χ2v) is 10.7. The topological polar surface area (TPSA) is 89.0 Å². The van der Waals surface area contributed by atoms with Crippen LogP contribution in [0.1, 0.15) is 37.3 Å². The number of rotatable bonds is 7. The molecule has 0 aliphatic carbocycles. The molecule has 196 valence electrons. The van der Waals surface area contributed by atoms with Crippen LogP contribution in [0, 0.1) is 5.92 Å². The van der Waals surface area contributed by atoms with Crippen molar-refractivity contribution in [2.45, 2.75) is 38.3 Å². The van der Waals surface area contributed by atoms with Gasteiger partial charge in [-0.2, -0.15) is 0 Å². The highest BCUT2D eigenvalue weighted by Gasteiger charge is 2.28. The van der Waals surface area contributed by atoms with Crippen LogP contribution in [0.2, 0.25) is 0 Å². The van der Waals surface area contributed by atoms with Gasteiger partial charge in [0.05, 0.1) is 0 Å². The Balaban J connectivity index is 1.05. The number of nitrogen functional groups attached to an aromatic ring is 1. The maximum Gasteiger partial charge on any atom is 0.161 e. The molecule has 4 aromatic heterocycles. The highest BCUT2D eigenvalue weighted by Crippen LogP contribution is 2.33. The lowest BCUT2D eigenvalue weighted by Gasteiger charge is -2.37. The van der Waals surface area contributed by atoms with Crippen LogP contribution in [-0.4, -0.2) is 67.0 Å². The summed E-state index contributed by atoms with van der Waals surface area (Å²) in [5.41, 5.74) is 11.3. The van der Waals surface area contributed by atoms with Gasteiger partial charge in [0.15, 0.2) is 11.5 Å². The molecule has 38 heavy (non-hydrogen) atoms. The van der Waals surface area contributed by atoms with Crippen LogP contribution in [-0.2, 0) is 6.54 Å². The lowest BCUT2D eigenvalue weighted by atomic mass is 9.89. The van der Waals surface area contributed by atoms with Gasteiger partial charge < -0.3 is 10.3 Å². The Morgan fingerprint density at radius 3 is 2.42 bits per heavy atom. The standard InChI is InChI=1S/C30H36N8/c1-22(24-8-15-37(16-9-24)21-23-7-14-33-28(31)19-23)20-36-17-10-25(11-18-36)38-29-27(6-4-13-34-29)35-30(38)26-5-2-3-12-32-26/h2-7,12-14,19,24-25H,1,8-11,15-18,20-21H2,(H2,31,33). The zero-order valence-corrected chi connectivity index (χ0v) is 21.9. The van der Waals surface area contributed by atoms with Crippen molar-refractivity contribution in [2.75, 3.05) is 38.5 Å². The summed E-state index contributed by atoms with van der Waals surface area (Å²) in [5, 5.41) is 0. The SMILES string of the molecule is C=C(CN1CCC(n2c(-c3ccccn3)nc3cccnc32)CC1)C1CCN(Cc2ccnc(N)c2)CC1. The van der Waals surface area contributed by atoms with E-state index in [-0.39, 0.29) is 0 Å². The molecule has 2 saturated heterocycles. The van der Waals surface area contributed by atoms with Crippen molar-refractivity contribution in [3.63, 3.8) is 0 Å². The van der Waals surface area contributed by atoms with E-state index in [9.17, 15) is 0 Å². The molecule has 0 radical (unpaired) electrons. The zero-order valence-electron chi connectivity index (χ0n) is 21.9.